The van der Waals surface area contributed by atoms with Crippen LogP contribution in [0, 0.1) is 23.6 Å². The van der Waals surface area contributed by atoms with Gasteiger partial charge < -0.3 is 21.1 Å². The third-order valence-electron chi connectivity index (χ3n) is 8.14. The predicted octanol–water partition coefficient (Wildman–Crippen LogP) is 4.44. The molecule has 0 unspecified atom stereocenters. The Balaban J connectivity index is 1.33. The molecule has 3 aromatic rings. The zero-order valence-corrected chi connectivity index (χ0v) is 24.3. The van der Waals surface area contributed by atoms with Crippen molar-refractivity contribution in [1.29, 1.82) is 0 Å². The molecule has 11 heteroatoms. The molecule has 0 spiro atoms. The van der Waals surface area contributed by atoms with Crippen LogP contribution >= 0.6 is 0 Å². The van der Waals surface area contributed by atoms with Gasteiger partial charge in [0.15, 0.2) is 11.6 Å². The molecule has 4 N–H and O–H groups in total. The average molecular weight is 589 g/mol. The summed E-state index contributed by atoms with van der Waals surface area (Å²) in [5, 5.41) is 5.93. The first-order valence-electron chi connectivity index (χ1n) is 14.9. The lowest BCUT2D eigenvalue weighted by molar-refractivity contribution is 0.102. The van der Waals surface area contributed by atoms with E-state index in [4.69, 9.17) is 10.5 Å². The molecule has 1 aromatic carbocycles. The molecule has 1 aliphatic carbocycles. The number of carbonyl (C=O) groups is 1. The molecule has 10 nitrogen and oxygen atoms in total. The highest BCUT2D eigenvalue weighted by Gasteiger charge is 2.23. The smallest absolute Gasteiger partial charge is 0.331 e. The van der Waals surface area contributed by atoms with Crippen molar-refractivity contribution in [3.05, 3.63) is 74.4 Å². The summed E-state index contributed by atoms with van der Waals surface area (Å²) in [4.78, 5) is 43.3. The molecule has 0 radical (unpaired) electrons. The summed E-state index contributed by atoms with van der Waals surface area (Å²) in [5.41, 5.74) is 5.31. The topological polar surface area (TPSA) is 133 Å². The molecule has 0 atom stereocenters. The second-order valence-electron chi connectivity index (χ2n) is 11.0. The van der Waals surface area contributed by atoms with Crippen molar-refractivity contribution in [2.75, 3.05) is 24.1 Å². The Morgan fingerprint density at radius 1 is 1.14 bits per heavy atom. The second-order valence-corrected chi connectivity index (χ2v) is 11.0. The normalized spacial score (nSPS) is 15.9. The van der Waals surface area contributed by atoms with Gasteiger partial charge in [0.25, 0.3) is 11.5 Å². The highest BCUT2D eigenvalue weighted by atomic mass is 19.1. The first-order chi connectivity index (χ1) is 20.9. The highest BCUT2D eigenvalue weighted by molar-refractivity contribution is 6.03. The van der Waals surface area contributed by atoms with E-state index in [1.165, 1.54) is 29.1 Å². The van der Waals surface area contributed by atoms with Gasteiger partial charge in [-0.15, -0.1) is 0 Å². The third kappa shape index (κ3) is 6.97. The fraction of sp³-hybridized carbons (Fsp3) is 0.438. The maximum Gasteiger partial charge on any atom is 0.331 e. The van der Waals surface area contributed by atoms with Crippen LogP contribution in [0.2, 0.25) is 0 Å². The number of amides is 1. The Kier molecular flexibility index (Phi) is 9.57. The van der Waals surface area contributed by atoms with Gasteiger partial charge in [0.1, 0.15) is 22.7 Å². The molecule has 1 amide bonds. The van der Waals surface area contributed by atoms with E-state index in [1.54, 1.807) is 13.0 Å². The molecule has 5 rings (SSSR count). The number of nitrogens with one attached hydrogen (secondary N) is 2. The number of carbonyl (C=O) groups excluding carboxylic acids is 1. The molecule has 2 aliphatic rings. The molecule has 1 aliphatic heterocycles. The van der Waals surface area contributed by atoms with E-state index in [2.05, 4.69) is 27.5 Å². The van der Waals surface area contributed by atoms with Crippen molar-refractivity contribution in [3.63, 3.8) is 0 Å². The van der Waals surface area contributed by atoms with Gasteiger partial charge in [0.05, 0.1) is 0 Å². The number of aromatic nitrogens is 3. The van der Waals surface area contributed by atoms with E-state index in [1.807, 2.05) is 0 Å². The number of nitrogens with two attached hydrogens (primary N) is 1. The van der Waals surface area contributed by atoms with Crippen LogP contribution in [0.4, 0.5) is 15.9 Å². The summed E-state index contributed by atoms with van der Waals surface area (Å²) < 4.78 is 23.6. The third-order valence-corrected chi connectivity index (χ3v) is 8.14. The Hall–Kier alpha value is -4.43. The van der Waals surface area contributed by atoms with Gasteiger partial charge in [-0.3, -0.25) is 18.7 Å². The quantitative estimate of drug-likeness (QED) is 0.348. The van der Waals surface area contributed by atoms with Crippen LogP contribution in [0.5, 0.6) is 11.5 Å². The molecular weight excluding hydrogens is 551 g/mol. The Labute approximate surface area is 249 Å². The average Bonchev–Trinajstić information content (AvgIpc) is 3.01. The molecule has 226 valence electrons. The zero-order valence-electron chi connectivity index (χ0n) is 24.3. The molecule has 1 saturated heterocycles. The van der Waals surface area contributed by atoms with E-state index < -0.39 is 23.0 Å². The van der Waals surface area contributed by atoms with Crippen LogP contribution < -0.4 is 32.4 Å². The van der Waals surface area contributed by atoms with Crippen molar-refractivity contribution in [1.82, 2.24) is 19.4 Å². The number of hydrogen-bond donors (Lipinski definition) is 3. The molecule has 2 fully saturated rings. The fourth-order valence-corrected chi connectivity index (χ4v) is 5.69. The number of ether oxygens (including phenoxy) is 1. The Morgan fingerprint density at radius 3 is 2.63 bits per heavy atom. The lowest BCUT2D eigenvalue weighted by Gasteiger charge is -2.25. The van der Waals surface area contributed by atoms with E-state index in [-0.39, 0.29) is 41.2 Å². The van der Waals surface area contributed by atoms with Crippen LogP contribution in [0.15, 0.2) is 46.2 Å². The molecule has 0 bridgehead atoms. The highest BCUT2D eigenvalue weighted by Crippen LogP contribution is 2.31. The number of benzene rings is 1. The summed E-state index contributed by atoms with van der Waals surface area (Å²) in [6, 6.07) is 5.46. The molecule has 1 saturated carbocycles. The van der Waals surface area contributed by atoms with Crippen LogP contribution in [0.25, 0.3) is 0 Å². The number of halogens is 1. The first kappa shape index (κ1) is 30.0. The second kappa shape index (κ2) is 13.7. The summed E-state index contributed by atoms with van der Waals surface area (Å²) in [7, 11) is 0. The number of nitrogen functional groups attached to an aromatic ring is 1. The van der Waals surface area contributed by atoms with Crippen LogP contribution in [0.3, 0.4) is 0 Å². The number of nitrogens with zero attached hydrogens (tertiary/aromatic N) is 3. The molecular formula is C32H37FN6O4. The number of pyridine rings is 1. The van der Waals surface area contributed by atoms with E-state index >= 15 is 4.39 Å². The van der Waals surface area contributed by atoms with Crippen molar-refractivity contribution in [2.24, 2.45) is 5.92 Å². The van der Waals surface area contributed by atoms with Crippen LogP contribution in [0.1, 0.15) is 80.3 Å². The van der Waals surface area contributed by atoms with Crippen molar-refractivity contribution in [2.45, 2.75) is 70.9 Å². The van der Waals surface area contributed by atoms with E-state index in [0.29, 0.717) is 11.5 Å². The number of anilines is 2. The summed E-state index contributed by atoms with van der Waals surface area (Å²) >= 11 is 0. The monoisotopic (exact) mass is 588 g/mol. The minimum absolute atomic E-state index is 0.0681. The van der Waals surface area contributed by atoms with Gasteiger partial charge in [-0.2, -0.15) is 0 Å². The van der Waals surface area contributed by atoms with Crippen LogP contribution in [-0.4, -0.2) is 33.1 Å². The minimum Gasteiger partial charge on any atom is -0.453 e. The van der Waals surface area contributed by atoms with Crippen LogP contribution in [-0.2, 0) is 6.54 Å². The molecule has 2 aromatic heterocycles. The first-order valence-corrected chi connectivity index (χ1v) is 14.9. The van der Waals surface area contributed by atoms with Crippen molar-refractivity contribution < 1.29 is 13.9 Å². The van der Waals surface area contributed by atoms with E-state index in [9.17, 15) is 14.4 Å². The van der Waals surface area contributed by atoms with Gasteiger partial charge in [-0.25, -0.2) is 14.2 Å². The summed E-state index contributed by atoms with van der Waals surface area (Å²) in [6.45, 7) is 3.78. The lowest BCUT2D eigenvalue weighted by atomic mass is 9.95. The van der Waals surface area contributed by atoms with Crippen molar-refractivity contribution >= 4 is 17.4 Å². The van der Waals surface area contributed by atoms with Gasteiger partial charge >= 0.3 is 5.69 Å². The number of rotatable bonds is 7. The van der Waals surface area contributed by atoms with Crippen molar-refractivity contribution in [3.8, 4) is 23.3 Å². The zero-order chi connectivity index (χ0) is 30.3. The standard InChI is InChI=1S/C32H37FN6O4/c1-2-38-31(41)25(20-39(32(38)42)23-8-4-3-5-9-23)30(40)37-22-11-12-28(26(33)19-22)43-27-15-18-36-29(34)24(27)10-6-7-21-13-16-35-17-14-21/h11-12,15,18-21,23,35H,2-5,7-9,13-14,16-17H2,1H3,(H2,34,36)(H,37,40). The maximum atomic E-state index is 15.2. The maximum absolute atomic E-state index is 15.2. The summed E-state index contributed by atoms with van der Waals surface area (Å²) in [6.07, 6.45) is 10.3. The molecule has 43 heavy (non-hydrogen) atoms. The number of hydrogen-bond acceptors (Lipinski definition) is 7. The Bertz CT molecular complexity index is 1660. The fourth-order valence-electron chi connectivity index (χ4n) is 5.69. The largest absolute Gasteiger partial charge is 0.453 e. The minimum atomic E-state index is -0.736. The SMILES string of the molecule is CCn1c(=O)c(C(=O)Nc2ccc(Oc3ccnc(N)c3C#CCC3CCNCC3)c(F)c2)cn(C2CCCCC2)c1=O. The number of piperidine rings is 1. The predicted molar refractivity (Wildman–Crippen MR) is 163 cm³/mol. The van der Waals surface area contributed by atoms with Gasteiger partial charge in [0.2, 0.25) is 0 Å². The lowest BCUT2D eigenvalue weighted by Crippen LogP contribution is -2.44. The van der Waals surface area contributed by atoms with Gasteiger partial charge in [0, 0.05) is 49.2 Å². The van der Waals surface area contributed by atoms with E-state index in [0.717, 1.165) is 75.1 Å². The Morgan fingerprint density at radius 2 is 1.91 bits per heavy atom. The van der Waals surface area contributed by atoms with Gasteiger partial charge in [-0.1, -0.05) is 31.1 Å². The summed E-state index contributed by atoms with van der Waals surface area (Å²) in [5.74, 6) is 5.64. The van der Waals surface area contributed by atoms with Gasteiger partial charge in [-0.05, 0) is 63.7 Å². The molecule has 3 heterocycles.